The predicted molar refractivity (Wildman–Crippen MR) is 100 cm³/mol. The molecule has 0 saturated carbocycles. The lowest BCUT2D eigenvalue weighted by Crippen LogP contribution is -2.09. The molecule has 0 amide bonds. The Labute approximate surface area is 157 Å². The molecule has 0 saturated heterocycles. The smallest absolute Gasteiger partial charge is 0.336 e. The van der Waals surface area contributed by atoms with E-state index in [0.29, 0.717) is 0 Å². The van der Waals surface area contributed by atoms with E-state index in [1.165, 1.54) is 18.2 Å². The SMILES string of the molecule is C=C/C=C(C(=O)O)\C(=C/C)c1c2cc(F)c(=O)cc-2oc2cc(O)c(F)cc12. The van der Waals surface area contributed by atoms with Gasteiger partial charge in [0.05, 0.1) is 5.57 Å². The van der Waals surface area contributed by atoms with Crippen LogP contribution in [0.4, 0.5) is 8.78 Å². The fourth-order valence-corrected chi connectivity index (χ4v) is 3.02. The second-order valence-electron chi connectivity index (χ2n) is 5.88. The van der Waals surface area contributed by atoms with Gasteiger partial charge >= 0.3 is 5.97 Å². The maximum atomic E-state index is 14.1. The minimum atomic E-state index is -1.28. The highest BCUT2D eigenvalue weighted by Gasteiger charge is 2.25. The predicted octanol–water partition coefficient (Wildman–Crippen LogP) is 4.48. The summed E-state index contributed by atoms with van der Waals surface area (Å²) in [6.07, 6.45) is 3.98. The van der Waals surface area contributed by atoms with E-state index in [1.807, 2.05) is 0 Å². The van der Waals surface area contributed by atoms with E-state index in [2.05, 4.69) is 6.58 Å². The van der Waals surface area contributed by atoms with Crippen molar-refractivity contribution in [2.75, 3.05) is 0 Å². The van der Waals surface area contributed by atoms with E-state index < -0.39 is 28.8 Å². The molecule has 7 heteroatoms. The summed E-state index contributed by atoms with van der Waals surface area (Å²) >= 11 is 0. The summed E-state index contributed by atoms with van der Waals surface area (Å²) in [4.78, 5) is 23.5. The van der Waals surface area contributed by atoms with Crippen LogP contribution in [0.15, 0.2) is 63.9 Å². The number of carbonyl (C=O) groups is 1. The first kappa shape index (κ1) is 19.0. The molecule has 3 rings (SSSR count). The molecular formula is C21H14F2O5. The Morgan fingerprint density at radius 1 is 1.18 bits per heavy atom. The first-order valence-electron chi connectivity index (χ1n) is 8.10. The zero-order valence-corrected chi connectivity index (χ0v) is 14.6. The Balaban J connectivity index is 2.57. The van der Waals surface area contributed by atoms with Gasteiger partial charge < -0.3 is 14.6 Å². The van der Waals surface area contributed by atoms with Crippen LogP contribution >= 0.6 is 0 Å². The van der Waals surface area contributed by atoms with Crippen molar-refractivity contribution < 1.29 is 28.2 Å². The Hall–Kier alpha value is -3.74. The molecule has 0 fully saturated rings. The molecule has 1 aliphatic heterocycles. The Morgan fingerprint density at radius 2 is 1.89 bits per heavy atom. The monoisotopic (exact) mass is 384 g/mol. The lowest BCUT2D eigenvalue weighted by molar-refractivity contribution is -0.132. The molecule has 5 nitrogen and oxygen atoms in total. The van der Waals surface area contributed by atoms with E-state index >= 15 is 0 Å². The molecule has 2 aliphatic rings. The summed E-state index contributed by atoms with van der Waals surface area (Å²) in [7, 11) is 0. The summed E-state index contributed by atoms with van der Waals surface area (Å²) in [6.45, 7) is 5.05. The first-order chi connectivity index (χ1) is 13.3. The van der Waals surface area contributed by atoms with Gasteiger partial charge in [0.2, 0.25) is 5.43 Å². The number of benzene rings is 2. The van der Waals surface area contributed by atoms with Crippen LogP contribution in [0.25, 0.3) is 27.9 Å². The van der Waals surface area contributed by atoms with Crippen LogP contribution < -0.4 is 5.43 Å². The number of rotatable bonds is 4. The lowest BCUT2D eigenvalue weighted by Gasteiger charge is -2.18. The number of fused-ring (bicyclic) bond motifs is 2. The zero-order valence-electron chi connectivity index (χ0n) is 14.6. The molecule has 142 valence electrons. The van der Waals surface area contributed by atoms with E-state index in [-0.39, 0.29) is 39.0 Å². The Bertz CT molecular complexity index is 1220. The summed E-state index contributed by atoms with van der Waals surface area (Å²) in [5.41, 5.74) is -0.733. The number of phenols is 1. The third kappa shape index (κ3) is 3.07. The van der Waals surface area contributed by atoms with E-state index in [0.717, 1.165) is 24.3 Å². The highest BCUT2D eigenvalue weighted by atomic mass is 19.1. The van der Waals surface area contributed by atoms with Crippen molar-refractivity contribution in [3.63, 3.8) is 0 Å². The molecule has 2 N–H and O–H groups in total. The second-order valence-corrected chi connectivity index (χ2v) is 5.88. The lowest BCUT2D eigenvalue weighted by atomic mass is 9.89. The van der Waals surface area contributed by atoms with Gasteiger partial charge in [0, 0.05) is 28.6 Å². The number of allylic oxidation sites excluding steroid dienone is 3. The molecular weight excluding hydrogens is 370 g/mol. The molecule has 0 radical (unpaired) electrons. The standard InChI is InChI=1S/C21H14F2O5/c1-3-5-11(21(26)27)10(4-2)20-12-6-14(22)16(24)8-18(12)28-19-9-17(25)15(23)7-13(19)20/h3-9,24H,1H2,2H3,(H,26,27)/b10-4+,11-5+. The van der Waals surface area contributed by atoms with Crippen molar-refractivity contribution >= 4 is 22.5 Å². The van der Waals surface area contributed by atoms with Gasteiger partial charge in [-0.25, -0.2) is 13.6 Å². The molecule has 1 aromatic rings. The van der Waals surface area contributed by atoms with Gasteiger partial charge in [-0.15, -0.1) is 0 Å². The topological polar surface area (TPSA) is 87.7 Å². The Morgan fingerprint density at radius 3 is 2.50 bits per heavy atom. The highest BCUT2D eigenvalue weighted by Crippen LogP contribution is 2.41. The van der Waals surface area contributed by atoms with E-state index in [1.54, 1.807) is 6.92 Å². The number of phenolic OH excluding ortho intramolecular Hbond substituents is 1. The largest absolute Gasteiger partial charge is 0.505 e. The van der Waals surface area contributed by atoms with Crippen LogP contribution in [-0.4, -0.2) is 16.2 Å². The molecule has 0 atom stereocenters. The fourth-order valence-electron chi connectivity index (χ4n) is 3.02. The minimum Gasteiger partial charge on any atom is -0.505 e. The van der Waals surface area contributed by atoms with Crippen LogP contribution in [0.3, 0.4) is 0 Å². The zero-order chi connectivity index (χ0) is 20.6. The molecule has 0 bridgehead atoms. The van der Waals surface area contributed by atoms with Gasteiger partial charge in [-0.3, -0.25) is 4.79 Å². The van der Waals surface area contributed by atoms with Crippen LogP contribution in [0.5, 0.6) is 5.75 Å². The molecule has 1 aliphatic carbocycles. The van der Waals surface area contributed by atoms with E-state index in [9.17, 15) is 28.6 Å². The average Bonchev–Trinajstić information content (AvgIpc) is 2.63. The summed E-state index contributed by atoms with van der Waals surface area (Å²) in [6, 6.07) is 3.80. The van der Waals surface area contributed by atoms with Crippen LogP contribution in [0.1, 0.15) is 12.5 Å². The van der Waals surface area contributed by atoms with Crippen molar-refractivity contribution in [3.8, 4) is 17.1 Å². The van der Waals surface area contributed by atoms with Gasteiger partial charge in [-0.05, 0) is 30.7 Å². The number of aromatic hydroxyl groups is 1. The number of carboxylic acid groups (broad SMARTS) is 1. The third-order valence-electron chi connectivity index (χ3n) is 4.20. The summed E-state index contributed by atoms with van der Waals surface area (Å²) < 4.78 is 33.6. The van der Waals surface area contributed by atoms with Crippen molar-refractivity contribution in [2.45, 2.75) is 6.92 Å². The molecule has 0 aromatic heterocycles. The van der Waals surface area contributed by atoms with Crippen molar-refractivity contribution in [2.24, 2.45) is 0 Å². The molecule has 1 heterocycles. The Kier molecular flexibility index (Phi) is 4.83. The molecule has 28 heavy (non-hydrogen) atoms. The molecule has 0 unspecified atom stereocenters. The van der Waals surface area contributed by atoms with Gasteiger partial charge in [0.15, 0.2) is 17.4 Å². The van der Waals surface area contributed by atoms with Gasteiger partial charge in [-0.2, -0.15) is 0 Å². The maximum absolute atomic E-state index is 14.1. The summed E-state index contributed by atoms with van der Waals surface area (Å²) in [5.74, 6) is -4.04. The van der Waals surface area contributed by atoms with Gasteiger partial charge in [0.25, 0.3) is 0 Å². The van der Waals surface area contributed by atoms with Gasteiger partial charge in [-0.1, -0.05) is 18.7 Å². The average molecular weight is 384 g/mol. The molecule has 1 aromatic carbocycles. The number of aliphatic carboxylic acids is 1. The number of hydrogen-bond donors (Lipinski definition) is 2. The van der Waals surface area contributed by atoms with Crippen molar-refractivity contribution in [1.82, 2.24) is 0 Å². The van der Waals surface area contributed by atoms with Crippen LogP contribution in [0.2, 0.25) is 0 Å². The summed E-state index contributed by atoms with van der Waals surface area (Å²) in [5, 5.41) is 19.4. The fraction of sp³-hybridized carbons (Fsp3) is 0.0476. The third-order valence-corrected chi connectivity index (χ3v) is 4.20. The highest BCUT2D eigenvalue weighted by molar-refractivity contribution is 6.12. The maximum Gasteiger partial charge on any atom is 0.336 e. The van der Waals surface area contributed by atoms with Crippen molar-refractivity contribution in [3.05, 3.63) is 82.1 Å². The van der Waals surface area contributed by atoms with Crippen molar-refractivity contribution in [1.29, 1.82) is 0 Å². The van der Waals surface area contributed by atoms with Crippen LogP contribution in [-0.2, 0) is 4.79 Å². The normalized spacial score (nSPS) is 12.5. The van der Waals surface area contributed by atoms with Gasteiger partial charge in [0.1, 0.15) is 11.3 Å². The number of carboxylic acids is 1. The second kappa shape index (κ2) is 7.11. The first-order valence-corrected chi connectivity index (χ1v) is 8.10. The number of hydrogen-bond acceptors (Lipinski definition) is 4. The molecule has 0 spiro atoms. The van der Waals surface area contributed by atoms with Crippen LogP contribution in [0, 0.1) is 11.6 Å². The van der Waals surface area contributed by atoms with E-state index in [4.69, 9.17) is 4.42 Å². The number of halogens is 2. The minimum absolute atomic E-state index is 0.00454. The quantitative estimate of drug-likeness (QED) is 0.393.